The van der Waals surface area contributed by atoms with Crippen LogP contribution in [0.15, 0.2) is 24.3 Å². The molecule has 0 bridgehead atoms. The summed E-state index contributed by atoms with van der Waals surface area (Å²) < 4.78 is 28.3. The molecule has 0 fully saturated rings. The van der Waals surface area contributed by atoms with Crippen molar-refractivity contribution in [2.24, 2.45) is 0 Å². The van der Waals surface area contributed by atoms with E-state index in [9.17, 15) is 8.78 Å². The zero-order valence-corrected chi connectivity index (χ0v) is 10.3. The number of thiophene rings is 1. The molecule has 0 spiro atoms. The fourth-order valence-corrected chi connectivity index (χ4v) is 3.22. The van der Waals surface area contributed by atoms with Crippen LogP contribution in [0.1, 0.15) is 11.1 Å². The summed E-state index contributed by atoms with van der Waals surface area (Å²) >= 11 is 1.50. The number of hydrogen-bond acceptors (Lipinski definition) is 1. The fraction of sp³-hybridized carbons (Fsp3) is 0.143. The molecule has 0 nitrogen and oxygen atoms in total. The third kappa shape index (κ3) is 1.53. The lowest BCUT2D eigenvalue weighted by atomic mass is 10.1. The van der Waals surface area contributed by atoms with E-state index in [2.05, 4.69) is 6.07 Å². The van der Waals surface area contributed by atoms with Crippen molar-refractivity contribution in [3.05, 3.63) is 47.0 Å². The molecule has 0 aliphatic carbocycles. The Labute approximate surface area is 101 Å². The van der Waals surface area contributed by atoms with Gasteiger partial charge in [0.1, 0.15) is 0 Å². The molecule has 2 aromatic carbocycles. The highest BCUT2D eigenvalue weighted by atomic mass is 32.1. The topological polar surface area (TPSA) is 0 Å². The molecule has 0 N–H and O–H groups in total. The van der Waals surface area contributed by atoms with Gasteiger partial charge in [-0.3, -0.25) is 0 Å². The van der Waals surface area contributed by atoms with Crippen molar-refractivity contribution in [2.45, 2.75) is 13.8 Å². The van der Waals surface area contributed by atoms with Crippen LogP contribution < -0.4 is 0 Å². The molecule has 0 amide bonds. The Morgan fingerprint density at radius 1 is 0.765 bits per heavy atom. The lowest BCUT2D eigenvalue weighted by molar-refractivity contribution is 0.511. The fourth-order valence-electron chi connectivity index (χ4n) is 2.03. The Hall–Kier alpha value is -1.48. The maximum Gasteiger partial charge on any atom is 0.160 e. The first-order chi connectivity index (χ1) is 8.06. The first kappa shape index (κ1) is 10.7. The first-order valence-corrected chi connectivity index (χ1v) is 6.16. The van der Waals surface area contributed by atoms with E-state index in [0.29, 0.717) is 0 Å². The summed E-state index contributed by atoms with van der Waals surface area (Å²) in [6.45, 7) is 4.07. The van der Waals surface area contributed by atoms with E-state index in [4.69, 9.17) is 0 Å². The molecule has 0 saturated carbocycles. The summed E-state index contributed by atoms with van der Waals surface area (Å²) in [5.74, 6) is -1.56. The molecule has 1 heterocycles. The van der Waals surface area contributed by atoms with E-state index < -0.39 is 11.6 Å². The van der Waals surface area contributed by atoms with Crippen LogP contribution in [0, 0.1) is 25.5 Å². The predicted molar refractivity (Wildman–Crippen MR) is 68.7 cm³/mol. The minimum Gasteiger partial charge on any atom is -0.204 e. The molecule has 3 aromatic rings. The SMILES string of the molecule is Cc1cc2sc3cc(F)c(F)cc3c2cc1C. The average molecular weight is 248 g/mol. The summed E-state index contributed by atoms with van der Waals surface area (Å²) in [6.07, 6.45) is 0. The third-order valence-electron chi connectivity index (χ3n) is 3.13. The van der Waals surface area contributed by atoms with Crippen molar-refractivity contribution < 1.29 is 8.78 Å². The van der Waals surface area contributed by atoms with Crippen molar-refractivity contribution in [1.29, 1.82) is 0 Å². The highest BCUT2D eigenvalue weighted by Crippen LogP contribution is 2.36. The summed E-state index contributed by atoms with van der Waals surface area (Å²) in [6, 6.07) is 6.68. The number of benzene rings is 2. The third-order valence-corrected chi connectivity index (χ3v) is 4.24. The molecule has 0 saturated heterocycles. The van der Waals surface area contributed by atoms with Crippen LogP contribution in [0.4, 0.5) is 8.78 Å². The zero-order valence-electron chi connectivity index (χ0n) is 9.47. The van der Waals surface area contributed by atoms with Gasteiger partial charge in [-0.05, 0) is 49.2 Å². The Bertz CT molecular complexity index is 679. The van der Waals surface area contributed by atoms with Crippen LogP contribution in [0.3, 0.4) is 0 Å². The maximum absolute atomic E-state index is 13.3. The van der Waals surface area contributed by atoms with Crippen LogP contribution in [0.5, 0.6) is 0 Å². The molecule has 0 radical (unpaired) electrons. The van der Waals surface area contributed by atoms with Gasteiger partial charge in [0.25, 0.3) is 0 Å². The monoisotopic (exact) mass is 248 g/mol. The molecule has 86 valence electrons. The average Bonchev–Trinajstić information content (AvgIpc) is 2.58. The zero-order chi connectivity index (χ0) is 12.2. The van der Waals surface area contributed by atoms with Gasteiger partial charge in [-0.1, -0.05) is 0 Å². The van der Waals surface area contributed by atoms with Gasteiger partial charge in [0.05, 0.1) is 0 Å². The van der Waals surface area contributed by atoms with Gasteiger partial charge in [-0.2, -0.15) is 0 Å². The second-order valence-electron chi connectivity index (χ2n) is 4.30. The molecule has 0 aliphatic rings. The Morgan fingerprint density at radius 3 is 2.06 bits per heavy atom. The number of fused-ring (bicyclic) bond motifs is 3. The largest absolute Gasteiger partial charge is 0.204 e. The maximum atomic E-state index is 13.3. The van der Waals surface area contributed by atoms with Gasteiger partial charge >= 0.3 is 0 Å². The number of rotatable bonds is 0. The van der Waals surface area contributed by atoms with Crippen LogP contribution in [-0.4, -0.2) is 0 Å². The second kappa shape index (κ2) is 3.50. The Balaban J connectivity index is 2.51. The van der Waals surface area contributed by atoms with Crippen molar-refractivity contribution in [3.63, 3.8) is 0 Å². The van der Waals surface area contributed by atoms with Gasteiger partial charge in [0.15, 0.2) is 11.6 Å². The van der Waals surface area contributed by atoms with Crippen molar-refractivity contribution in [2.75, 3.05) is 0 Å². The van der Waals surface area contributed by atoms with Crippen molar-refractivity contribution in [1.82, 2.24) is 0 Å². The Kier molecular flexibility index (Phi) is 2.20. The van der Waals surface area contributed by atoms with Gasteiger partial charge in [-0.25, -0.2) is 8.78 Å². The van der Waals surface area contributed by atoms with Crippen LogP contribution in [0.25, 0.3) is 20.2 Å². The second-order valence-corrected chi connectivity index (χ2v) is 5.38. The minimum absolute atomic E-state index is 0.780. The van der Waals surface area contributed by atoms with E-state index in [1.54, 1.807) is 0 Å². The van der Waals surface area contributed by atoms with E-state index in [-0.39, 0.29) is 0 Å². The smallest absolute Gasteiger partial charge is 0.160 e. The molecular weight excluding hydrogens is 238 g/mol. The van der Waals surface area contributed by atoms with Crippen molar-refractivity contribution >= 4 is 31.5 Å². The number of halogens is 2. The van der Waals surface area contributed by atoms with Gasteiger partial charge in [0.2, 0.25) is 0 Å². The molecule has 1 aromatic heterocycles. The molecule has 3 heteroatoms. The molecule has 0 unspecified atom stereocenters. The van der Waals surface area contributed by atoms with E-state index >= 15 is 0 Å². The van der Waals surface area contributed by atoms with Crippen LogP contribution in [0.2, 0.25) is 0 Å². The highest BCUT2D eigenvalue weighted by molar-refractivity contribution is 7.25. The lowest BCUT2D eigenvalue weighted by Crippen LogP contribution is -1.82. The van der Waals surface area contributed by atoms with Gasteiger partial charge < -0.3 is 0 Å². The standard InChI is InChI=1S/C14H10F2S/c1-7-3-9-10-5-11(15)12(16)6-14(10)17-13(9)4-8(7)2/h3-6H,1-2H3. The van der Waals surface area contributed by atoms with Crippen LogP contribution >= 0.6 is 11.3 Å². The quantitative estimate of drug-likeness (QED) is 0.528. The summed E-state index contributed by atoms with van der Waals surface area (Å²) in [4.78, 5) is 0. The molecule has 3 rings (SSSR count). The summed E-state index contributed by atoms with van der Waals surface area (Å²) in [5, 5.41) is 1.80. The van der Waals surface area contributed by atoms with E-state index in [1.807, 2.05) is 19.9 Å². The first-order valence-electron chi connectivity index (χ1n) is 5.35. The number of aryl methyl sites for hydroxylation is 2. The highest BCUT2D eigenvalue weighted by Gasteiger charge is 2.10. The summed E-state index contributed by atoms with van der Waals surface area (Å²) in [7, 11) is 0. The summed E-state index contributed by atoms with van der Waals surface area (Å²) in [5.41, 5.74) is 2.37. The lowest BCUT2D eigenvalue weighted by Gasteiger charge is -1.99. The van der Waals surface area contributed by atoms with E-state index in [1.165, 1.54) is 34.6 Å². The molecule has 0 atom stereocenters. The number of hydrogen-bond donors (Lipinski definition) is 0. The van der Waals surface area contributed by atoms with Crippen molar-refractivity contribution in [3.8, 4) is 0 Å². The normalized spacial score (nSPS) is 11.5. The molecule has 0 aliphatic heterocycles. The van der Waals surface area contributed by atoms with Gasteiger partial charge in [0, 0.05) is 20.2 Å². The predicted octanol–water partition coefficient (Wildman–Crippen LogP) is 4.95. The van der Waals surface area contributed by atoms with Gasteiger partial charge in [-0.15, -0.1) is 11.3 Å². The van der Waals surface area contributed by atoms with E-state index in [0.717, 1.165) is 20.2 Å². The minimum atomic E-state index is -0.782. The Morgan fingerprint density at radius 2 is 1.29 bits per heavy atom. The van der Waals surface area contributed by atoms with Crippen LogP contribution in [-0.2, 0) is 0 Å². The molecular formula is C14H10F2S. The molecule has 17 heavy (non-hydrogen) atoms.